The van der Waals surface area contributed by atoms with Crippen LogP contribution in [0.4, 0.5) is 0 Å². The fourth-order valence-corrected chi connectivity index (χ4v) is 5.06. The van der Waals surface area contributed by atoms with Gasteiger partial charge in [0, 0.05) is 17.3 Å². The van der Waals surface area contributed by atoms with Gasteiger partial charge in [0.1, 0.15) is 23.8 Å². The number of hydrogen-bond acceptors (Lipinski definition) is 6. The molecule has 2 N–H and O–H groups in total. The number of carboxylic acid groups (broad SMARTS) is 1. The Balaban J connectivity index is 1.33. The Labute approximate surface area is 191 Å². The van der Waals surface area contributed by atoms with Crippen molar-refractivity contribution in [2.45, 2.75) is 42.4 Å². The quantitative estimate of drug-likeness (QED) is 0.507. The van der Waals surface area contributed by atoms with E-state index in [-0.39, 0.29) is 17.5 Å². The minimum Gasteiger partial charge on any atom is -0.489 e. The standard InChI is InChI=1S/C24H27N3O4S/c1-16-13-21(31-23(16)22(25-2)24(28)29)32-20-6-3-5-19(14-20)30-15-17-7-9-18(10-8-17)27-12-4-11-26-27/h3-12,14,16,21-23,25H,13,15H2,1-2H3,(H,28,29)/t16-,21?,22?,23-/m1/s1. The lowest BCUT2D eigenvalue weighted by Crippen LogP contribution is -2.46. The summed E-state index contributed by atoms with van der Waals surface area (Å²) >= 11 is 1.60. The molecule has 0 spiro atoms. The molecular formula is C24H27N3O4S. The molecule has 4 rings (SSSR count). The van der Waals surface area contributed by atoms with Crippen molar-refractivity contribution in [3.8, 4) is 11.4 Å². The van der Waals surface area contributed by atoms with Gasteiger partial charge in [-0.25, -0.2) is 4.68 Å². The lowest BCUT2D eigenvalue weighted by atomic mass is 9.98. The highest BCUT2D eigenvalue weighted by atomic mass is 32.2. The van der Waals surface area contributed by atoms with E-state index in [4.69, 9.17) is 9.47 Å². The average Bonchev–Trinajstić information content (AvgIpc) is 3.44. The van der Waals surface area contributed by atoms with Crippen LogP contribution >= 0.6 is 11.8 Å². The van der Waals surface area contributed by atoms with E-state index < -0.39 is 12.0 Å². The lowest BCUT2D eigenvalue weighted by Gasteiger charge is -2.22. The molecule has 3 aromatic rings. The molecule has 0 radical (unpaired) electrons. The highest BCUT2D eigenvalue weighted by molar-refractivity contribution is 7.99. The van der Waals surface area contributed by atoms with Gasteiger partial charge in [0.2, 0.25) is 0 Å². The van der Waals surface area contributed by atoms with Crippen LogP contribution in [-0.2, 0) is 16.1 Å². The first-order chi connectivity index (χ1) is 15.5. The fraction of sp³-hybridized carbons (Fsp3) is 0.333. The predicted octanol–water partition coefficient (Wildman–Crippen LogP) is 3.97. The van der Waals surface area contributed by atoms with Crippen LogP contribution in [0.3, 0.4) is 0 Å². The Kier molecular flexibility index (Phi) is 7.14. The van der Waals surface area contributed by atoms with Crippen LogP contribution in [0.2, 0.25) is 0 Å². The zero-order valence-corrected chi connectivity index (χ0v) is 18.9. The van der Waals surface area contributed by atoms with Gasteiger partial charge in [-0.15, -0.1) is 0 Å². The minimum atomic E-state index is -0.886. The smallest absolute Gasteiger partial charge is 0.323 e. The first-order valence-corrected chi connectivity index (χ1v) is 11.5. The maximum atomic E-state index is 11.5. The van der Waals surface area contributed by atoms with Crippen LogP contribution in [0.5, 0.6) is 5.75 Å². The number of nitrogens with one attached hydrogen (secondary N) is 1. The van der Waals surface area contributed by atoms with Crippen molar-refractivity contribution in [3.63, 3.8) is 0 Å². The highest BCUT2D eigenvalue weighted by Crippen LogP contribution is 2.38. The third kappa shape index (κ3) is 5.32. The van der Waals surface area contributed by atoms with Crippen molar-refractivity contribution < 1.29 is 19.4 Å². The summed E-state index contributed by atoms with van der Waals surface area (Å²) in [5.41, 5.74) is 1.99. The molecule has 1 saturated heterocycles. The van der Waals surface area contributed by atoms with Crippen LogP contribution < -0.4 is 10.1 Å². The molecule has 1 aromatic heterocycles. The molecule has 2 unspecified atom stereocenters. The summed E-state index contributed by atoms with van der Waals surface area (Å²) in [7, 11) is 1.65. The second-order valence-corrected chi connectivity index (χ2v) is 9.08. The van der Waals surface area contributed by atoms with Crippen molar-refractivity contribution >= 4 is 17.7 Å². The van der Waals surface area contributed by atoms with E-state index in [0.717, 1.165) is 28.3 Å². The molecule has 0 saturated carbocycles. The number of ether oxygens (including phenoxy) is 2. The van der Waals surface area contributed by atoms with E-state index in [0.29, 0.717) is 6.61 Å². The molecule has 1 aliphatic rings. The second kappa shape index (κ2) is 10.2. The number of nitrogens with zero attached hydrogens (tertiary/aromatic N) is 2. The second-order valence-electron chi connectivity index (χ2n) is 7.85. The summed E-state index contributed by atoms with van der Waals surface area (Å²) in [4.78, 5) is 12.5. The zero-order chi connectivity index (χ0) is 22.5. The number of benzene rings is 2. The fourth-order valence-electron chi connectivity index (χ4n) is 3.84. The molecule has 0 amide bonds. The number of likely N-dealkylation sites (N-methyl/N-ethyl adjacent to an activating group) is 1. The van der Waals surface area contributed by atoms with Crippen LogP contribution in [-0.4, -0.2) is 45.5 Å². The molecule has 4 atom stereocenters. The topological polar surface area (TPSA) is 85.6 Å². The van der Waals surface area contributed by atoms with Crippen LogP contribution in [0.15, 0.2) is 71.9 Å². The Morgan fingerprint density at radius 3 is 2.81 bits per heavy atom. The van der Waals surface area contributed by atoms with Gasteiger partial charge in [-0.1, -0.05) is 36.9 Å². The molecule has 0 bridgehead atoms. The van der Waals surface area contributed by atoms with Crippen molar-refractivity contribution in [1.29, 1.82) is 0 Å². The van der Waals surface area contributed by atoms with Gasteiger partial charge in [-0.3, -0.25) is 4.79 Å². The van der Waals surface area contributed by atoms with Gasteiger partial charge in [0.25, 0.3) is 0 Å². The van der Waals surface area contributed by atoms with Gasteiger partial charge in [0.05, 0.1) is 11.8 Å². The third-order valence-electron chi connectivity index (χ3n) is 5.52. The van der Waals surface area contributed by atoms with Crippen molar-refractivity contribution in [2.24, 2.45) is 5.92 Å². The summed E-state index contributed by atoms with van der Waals surface area (Å²) in [5, 5.41) is 16.5. The monoisotopic (exact) mass is 453 g/mol. The van der Waals surface area contributed by atoms with Gasteiger partial charge in [0.15, 0.2) is 0 Å². The molecule has 2 heterocycles. The van der Waals surface area contributed by atoms with Crippen molar-refractivity contribution in [1.82, 2.24) is 15.1 Å². The van der Waals surface area contributed by atoms with E-state index in [9.17, 15) is 9.90 Å². The van der Waals surface area contributed by atoms with Gasteiger partial charge >= 0.3 is 5.97 Å². The van der Waals surface area contributed by atoms with Crippen LogP contribution in [0.1, 0.15) is 18.9 Å². The first-order valence-electron chi connectivity index (χ1n) is 10.6. The Bertz CT molecular complexity index is 1030. The van der Waals surface area contributed by atoms with Gasteiger partial charge < -0.3 is 19.9 Å². The van der Waals surface area contributed by atoms with Crippen molar-refractivity contribution in [3.05, 3.63) is 72.6 Å². The SMILES string of the molecule is CNC(C(=O)O)[C@@H]1OC(Sc2cccc(OCc3ccc(-n4cccn4)cc3)c2)C[C@H]1C. The third-order valence-corrected chi connectivity index (χ3v) is 6.62. The van der Waals surface area contributed by atoms with Gasteiger partial charge in [-0.2, -0.15) is 5.10 Å². The number of carboxylic acids is 1. The average molecular weight is 454 g/mol. The first kappa shape index (κ1) is 22.4. The number of hydrogen-bond donors (Lipinski definition) is 2. The Morgan fingerprint density at radius 2 is 2.12 bits per heavy atom. The lowest BCUT2D eigenvalue weighted by molar-refractivity contribution is -0.143. The molecule has 1 fully saturated rings. The van der Waals surface area contributed by atoms with Crippen molar-refractivity contribution in [2.75, 3.05) is 7.05 Å². The van der Waals surface area contributed by atoms with E-state index in [1.165, 1.54) is 0 Å². The largest absolute Gasteiger partial charge is 0.489 e. The van der Waals surface area contributed by atoms with E-state index in [1.54, 1.807) is 25.0 Å². The highest BCUT2D eigenvalue weighted by Gasteiger charge is 2.40. The number of rotatable bonds is 9. The summed E-state index contributed by atoms with van der Waals surface area (Å²) in [5.74, 6) is 0.0561. The maximum absolute atomic E-state index is 11.5. The molecule has 0 aliphatic carbocycles. The normalized spacial score (nSPS) is 21.4. The number of aliphatic carboxylic acids is 1. The number of thioether (sulfide) groups is 1. The van der Waals surface area contributed by atoms with Crippen LogP contribution in [0, 0.1) is 5.92 Å². The molecule has 32 heavy (non-hydrogen) atoms. The molecule has 2 aromatic carbocycles. The zero-order valence-electron chi connectivity index (χ0n) is 18.0. The number of carbonyl (C=O) groups is 1. The molecule has 168 valence electrons. The number of aromatic nitrogens is 2. The molecule has 7 nitrogen and oxygen atoms in total. The van der Waals surface area contributed by atoms with E-state index in [1.807, 2.05) is 72.4 Å². The maximum Gasteiger partial charge on any atom is 0.323 e. The predicted molar refractivity (Wildman–Crippen MR) is 123 cm³/mol. The Morgan fingerprint density at radius 1 is 1.31 bits per heavy atom. The summed E-state index contributed by atoms with van der Waals surface area (Å²) in [6.45, 7) is 2.50. The summed E-state index contributed by atoms with van der Waals surface area (Å²) in [6, 6.07) is 17.2. The minimum absolute atomic E-state index is 0.0877. The van der Waals surface area contributed by atoms with E-state index >= 15 is 0 Å². The molecular weight excluding hydrogens is 426 g/mol. The van der Waals surface area contributed by atoms with Gasteiger partial charge in [-0.05, 0) is 61.3 Å². The Hall–Kier alpha value is -2.81. The van der Waals surface area contributed by atoms with E-state index in [2.05, 4.69) is 10.4 Å². The summed E-state index contributed by atoms with van der Waals surface area (Å²) in [6.07, 6.45) is 4.12. The molecule has 1 aliphatic heterocycles. The molecule has 8 heteroatoms. The van der Waals surface area contributed by atoms with Crippen LogP contribution in [0.25, 0.3) is 5.69 Å². The summed E-state index contributed by atoms with van der Waals surface area (Å²) < 4.78 is 13.9.